The molecule has 0 saturated heterocycles. The third kappa shape index (κ3) is 2.41. The van der Waals surface area contributed by atoms with E-state index in [4.69, 9.17) is 5.73 Å². The molecule has 0 fully saturated rings. The summed E-state index contributed by atoms with van der Waals surface area (Å²) in [5, 5.41) is 0. The van der Waals surface area contributed by atoms with Gasteiger partial charge in [-0.05, 0) is 62.4 Å². The first kappa shape index (κ1) is 14.7. The minimum Gasteiger partial charge on any atom is -0.290 e. The van der Waals surface area contributed by atoms with Gasteiger partial charge in [0.05, 0.1) is 0 Å². The Morgan fingerprint density at radius 2 is 1.22 bits per heavy atom. The van der Waals surface area contributed by atoms with Crippen molar-refractivity contribution in [1.29, 1.82) is 0 Å². The van der Waals surface area contributed by atoms with Crippen molar-refractivity contribution in [2.75, 3.05) is 0 Å². The van der Waals surface area contributed by atoms with Crippen LogP contribution in [0, 0.1) is 34.6 Å². The van der Waals surface area contributed by atoms with Crippen LogP contribution in [-0.4, -0.2) is 14.3 Å². The molecule has 0 spiro atoms. The maximum Gasteiger partial charge on any atom is 0.329 e. The van der Waals surface area contributed by atoms with Gasteiger partial charge in [0.1, 0.15) is 4.90 Å². The van der Waals surface area contributed by atoms with Crippen molar-refractivity contribution in [1.82, 2.24) is 0 Å². The summed E-state index contributed by atoms with van der Waals surface area (Å²) in [5.41, 5.74) is 10.2. The van der Waals surface area contributed by atoms with E-state index in [1.54, 1.807) is 0 Å². The molecule has 0 atom stereocenters. The summed E-state index contributed by atoms with van der Waals surface area (Å²) < 4.78 is 26.9. The van der Waals surface area contributed by atoms with Crippen molar-refractivity contribution in [3.8, 4) is 0 Å². The molecule has 0 aliphatic carbocycles. The lowest BCUT2D eigenvalue weighted by Crippen LogP contribution is -2.78. The molecule has 18 heavy (non-hydrogen) atoms. The van der Waals surface area contributed by atoms with Crippen molar-refractivity contribution in [3.63, 3.8) is 0 Å². The van der Waals surface area contributed by atoms with Gasteiger partial charge in [0.25, 0.3) is 5.84 Å². The molecule has 3 N–H and O–H groups in total. The summed E-state index contributed by atoms with van der Waals surface area (Å²) in [6.07, 6.45) is 0. The molecular weight excluding hydrogens is 248 g/mol. The molecule has 0 unspecified atom stereocenters. The van der Waals surface area contributed by atoms with Gasteiger partial charge in [-0.2, -0.15) is 12.8 Å². The molecule has 5 heteroatoms. The second kappa shape index (κ2) is 4.72. The summed E-state index contributed by atoms with van der Waals surface area (Å²) in [6.45, 7) is 11.1. The number of hydrogen-bond donors (Lipinski definition) is 2. The zero-order chi connectivity index (χ0) is 14.2. The highest BCUT2D eigenvalue weighted by Gasteiger charge is 2.24. The van der Waals surface area contributed by atoms with Crippen LogP contribution in [0.2, 0.25) is 0 Å². The highest BCUT2D eigenvalue weighted by atomic mass is 32.2. The largest absolute Gasteiger partial charge is 0.329 e. The second-order valence-electron chi connectivity index (χ2n) is 4.74. The molecule has 1 aromatic carbocycles. The number of rotatable bonds is 2. The number of benzene rings is 1. The fourth-order valence-corrected chi connectivity index (χ4v) is 3.77. The first-order chi connectivity index (χ1) is 8.09. The van der Waals surface area contributed by atoms with Crippen LogP contribution >= 0.6 is 0 Å². The van der Waals surface area contributed by atoms with Crippen molar-refractivity contribution < 1.29 is 12.8 Å². The SMILES string of the molecule is CC(N)=[NH+]S(=O)(=O)c1c(C)c(C)c(C)c(C)c1C. The molecular formula is C13H21N2O2S+. The zero-order valence-corrected chi connectivity index (χ0v) is 12.6. The van der Waals surface area contributed by atoms with Crippen LogP contribution < -0.4 is 10.1 Å². The van der Waals surface area contributed by atoms with Crippen molar-refractivity contribution >= 4 is 15.9 Å². The van der Waals surface area contributed by atoms with Gasteiger partial charge in [-0.25, -0.2) is 0 Å². The number of nitrogens with two attached hydrogens (primary N) is 1. The van der Waals surface area contributed by atoms with E-state index >= 15 is 0 Å². The van der Waals surface area contributed by atoms with Crippen LogP contribution in [0.15, 0.2) is 4.90 Å². The minimum atomic E-state index is -3.59. The maximum absolute atomic E-state index is 12.3. The van der Waals surface area contributed by atoms with E-state index in [0.717, 1.165) is 27.8 Å². The van der Waals surface area contributed by atoms with Gasteiger partial charge in [-0.1, -0.05) is 0 Å². The standard InChI is InChI=1S/C13H20N2O2S/c1-7-8(2)10(4)13(11(5)9(7)3)18(16,17)15-12(6)14/h1-6H3,(H2,14,15)/p+1. The Kier molecular flexibility index (Phi) is 3.86. The first-order valence-electron chi connectivity index (χ1n) is 5.78. The predicted molar refractivity (Wildman–Crippen MR) is 73.1 cm³/mol. The lowest BCUT2D eigenvalue weighted by molar-refractivity contribution is -0.269. The Bertz CT molecular complexity index is 596. The number of amidine groups is 1. The average molecular weight is 269 g/mol. The molecule has 0 aromatic heterocycles. The molecule has 0 heterocycles. The molecule has 0 aliphatic heterocycles. The monoisotopic (exact) mass is 269 g/mol. The highest BCUT2D eigenvalue weighted by molar-refractivity contribution is 7.84. The van der Waals surface area contributed by atoms with E-state index in [9.17, 15) is 8.42 Å². The van der Waals surface area contributed by atoms with E-state index in [1.165, 1.54) is 6.92 Å². The van der Waals surface area contributed by atoms with Crippen LogP contribution in [0.4, 0.5) is 0 Å². The third-order valence-electron chi connectivity index (χ3n) is 3.50. The molecule has 1 rings (SSSR count). The van der Waals surface area contributed by atoms with Gasteiger partial charge < -0.3 is 0 Å². The molecule has 1 aromatic rings. The molecule has 0 amide bonds. The van der Waals surface area contributed by atoms with Gasteiger partial charge in [-0.15, -0.1) is 0 Å². The Labute approximate surface area is 109 Å². The van der Waals surface area contributed by atoms with E-state index in [0.29, 0.717) is 4.90 Å². The topological polar surface area (TPSA) is 74.1 Å². The van der Waals surface area contributed by atoms with Gasteiger partial charge >= 0.3 is 10.0 Å². The molecule has 0 bridgehead atoms. The Morgan fingerprint density at radius 1 is 0.889 bits per heavy atom. The summed E-state index contributed by atoms with van der Waals surface area (Å²) in [7, 11) is -3.59. The number of sulfonamides is 1. The highest BCUT2D eigenvalue weighted by Crippen LogP contribution is 2.28. The summed E-state index contributed by atoms with van der Waals surface area (Å²) in [5.74, 6) is 0.171. The van der Waals surface area contributed by atoms with Crippen molar-refractivity contribution in [2.24, 2.45) is 5.73 Å². The second-order valence-corrected chi connectivity index (χ2v) is 6.36. The molecule has 0 saturated carbocycles. The van der Waals surface area contributed by atoms with Crippen LogP contribution in [0.3, 0.4) is 0 Å². The zero-order valence-electron chi connectivity index (χ0n) is 11.8. The minimum absolute atomic E-state index is 0.171. The predicted octanol–water partition coefficient (Wildman–Crippen LogP) is 0.375. The van der Waals surface area contributed by atoms with Crippen LogP contribution in [0.5, 0.6) is 0 Å². The van der Waals surface area contributed by atoms with Crippen LogP contribution in [-0.2, 0) is 10.0 Å². The smallest absolute Gasteiger partial charge is 0.290 e. The normalized spacial score (nSPS) is 12.9. The summed E-state index contributed by atoms with van der Waals surface area (Å²) >= 11 is 0. The van der Waals surface area contributed by atoms with E-state index in [-0.39, 0.29) is 5.84 Å². The molecule has 4 nitrogen and oxygen atoms in total. The number of hydrogen-bond acceptors (Lipinski definition) is 2. The first-order valence-corrected chi connectivity index (χ1v) is 7.26. The summed E-state index contributed by atoms with van der Waals surface area (Å²) in [6, 6.07) is 0. The van der Waals surface area contributed by atoms with Crippen LogP contribution in [0.1, 0.15) is 34.7 Å². The van der Waals surface area contributed by atoms with E-state index < -0.39 is 10.0 Å². The van der Waals surface area contributed by atoms with Gasteiger partial charge in [0.15, 0.2) is 0 Å². The van der Waals surface area contributed by atoms with Gasteiger partial charge in [0, 0.05) is 6.92 Å². The van der Waals surface area contributed by atoms with E-state index in [1.807, 2.05) is 34.6 Å². The van der Waals surface area contributed by atoms with Crippen molar-refractivity contribution in [3.05, 3.63) is 27.8 Å². The molecule has 100 valence electrons. The van der Waals surface area contributed by atoms with Gasteiger partial charge in [-0.3, -0.25) is 5.73 Å². The van der Waals surface area contributed by atoms with E-state index in [2.05, 4.69) is 4.40 Å². The molecule has 0 aliphatic rings. The average Bonchev–Trinajstić information content (AvgIpc) is 2.21. The number of nitrogens with one attached hydrogen (secondary N) is 1. The lowest BCUT2D eigenvalue weighted by Gasteiger charge is -2.16. The summed E-state index contributed by atoms with van der Waals surface area (Å²) in [4.78, 5) is 0.341. The quantitative estimate of drug-likeness (QED) is 0.602. The Hall–Kier alpha value is -1.36. The molecule has 0 radical (unpaired) electrons. The lowest BCUT2D eigenvalue weighted by atomic mass is 9.95. The van der Waals surface area contributed by atoms with Crippen molar-refractivity contribution in [2.45, 2.75) is 46.4 Å². The fraction of sp³-hybridized carbons (Fsp3) is 0.462. The maximum atomic E-state index is 12.3. The fourth-order valence-electron chi connectivity index (χ4n) is 2.13. The Balaban J connectivity index is 3.78. The Morgan fingerprint density at radius 3 is 1.56 bits per heavy atom. The van der Waals surface area contributed by atoms with Crippen LogP contribution in [0.25, 0.3) is 0 Å². The third-order valence-corrected chi connectivity index (χ3v) is 5.24. The van der Waals surface area contributed by atoms with Gasteiger partial charge in [0.2, 0.25) is 0 Å².